The Labute approximate surface area is 164 Å². The summed E-state index contributed by atoms with van der Waals surface area (Å²) in [6.45, 7) is 5.66. The Morgan fingerprint density at radius 1 is 1.19 bits per heavy atom. The monoisotopic (exact) mass is 396 g/mol. The Balaban J connectivity index is 1.78. The number of nitrogens with zero attached hydrogens (tertiary/aromatic N) is 1. The fourth-order valence-corrected chi connectivity index (χ4v) is 5.31. The molecule has 7 heteroatoms. The van der Waals surface area contributed by atoms with Gasteiger partial charge in [-0.1, -0.05) is 12.1 Å². The smallest absolute Gasteiger partial charge is 0.260 e. The second-order valence-corrected chi connectivity index (χ2v) is 10.1. The lowest BCUT2D eigenvalue weighted by molar-refractivity contribution is -0.136. The van der Waals surface area contributed by atoms with E-state index in [0.717, 1.165) is 0 Å². The van der Waals surface area contributed by atoms with Crippen molar-refractivity contribution in [3.8, 4) is 5.75 Å². The van der Waals surface area contributed by atoms with Crippen LogP contribution in [0.1, 0.15) is 37.3 Å². The van der Waals surface area contributed by atoms with E-state index in [9.17, 15) is 9.59 Å². The molecule has 0 spiro atoms. The molecule has 1 aliphatic heterocycles. The first-order valence-electron chi connectivity index (χ1n) is 8.75. The quantitative estimate of drug-likeness (QED) is 0.799. The summed E-state index contributed by atoms with van der Waals surface area (Å²) in [6, 6.07) is 7.95. The van der Waals surface area contributed by atoms with Gasteiger partial charge < -0.3 is 15.0 Å². The van der Waals surface area contributed by atoms with Gasteiger partial charge in [0.25, 0.3) is 5.91 Å². The van der Waals surface area contributed by atoms with Gasteiger partial charge in [0.2, 0.25) is 5.91 Å². The summed E-state index contributed by atoms with van der Waals surface area (Å²) in [5.41, 5.74) is 0.975. The molecule has 0 aromatic heterocycles. The molecule has 2 rings (SSSR count). The minimum atomic E-state index is -0.311. The van der Waals surface area contributed by atoms with Crippen LogP contribution < -0.4 is 10.1 Å². The molecule has 5 nitrogen and oxygen atoms in total. The van der Waals surface area contributed by atoms with Crippen molar-refractivity contribution in [3.63, 3.8) is 0 Å². The van der Waals surface area contributed by atoms with Gasteiger partial charge in [0.1, 0.15) is 5.75 Å². The van der Waals surface area contributed by atoms with E-state index >= 15 is 0 Å². The number of hydrogen-bond donors (Lipinski definition) is 1. The molecular formula is C19H28N2O3S2. The minimum Gasteiger partial charge on any atom is -0.484 e. The Kier molecular flexibility index (Phi) is 7.70. The Hall–Kier alpha value is -1.34. The Morgan fingerprint density at radius 3 is 2.38 bits per heavy atom. The van der Waals surface area contributed by atoms with Gasteiger partial charge in [-0.2, -0.15) is 0 Å². The molecule has 1 saturated heterocycles. The van der Waals surface area contributed by atoms with Crippen molar-refractivity contribution in [1.29, 1.82) is 0 Å². The average Bonchev–Trinajstić information content (AvgIpc) is 2.59. The van der Waals surface area contributed by atoms with Crippen LogP contribution in [0.25, 0.3) is 0 Å². The van der Waals surface area contributed by atoms with Crippen LogP contribution in [-0.2, 0) is 9.59 Å². The molecule has 2 amide bonds. The van der Waals surface area contributed by atoms with Gasteiger partial charge in [-0.25, -0.2) is 0 Å². The number of thioether (sulfide) groups is 2. The molecule has 26 heavy (non-hydrogen) atoms. The largest absolute Gasteiger partial charge is 0.484 e. The average molecular weight is 397 g/mol. The van der Waals surface area contributed by atoms with E-state index < -0.39 is 0 Å². The van der Waals surface area contributed by atoms with Crippen molar-refractivity contribution in [2.45, 2.75) is 37.3 Å². The molecule has 1 aromatic carbocycles. The third kappa shape index (κ3) is 7.11. The van der Waals surface area contributed by atoms with E-state index in [2.05, 4.69) is 17.4 Å². The van der Waals surface area contributed by atoms with Crippen molar-refractivity contribution in [1.82, 2.24) is 10.2 Å². The van der Waals surface area contributed by atoms with Gasteiger partial charge in [-0.15, -0.1) is 23.5 Å². The maximum atomic E-state index is 12.1. The third-order valence-electron chi connectivity index (χ3n) is 3.66. The molecule has 0 radical (unpaired) electrons. The van der Waals surface area contributed by atoms with Crippen LogP contribution in [0.15, 0.2) is 24.3 Å². The van der Waals surface area contributed by atoms with Crippen LogP contribution >= 0.6 is 23.5 Å². The first kappa shape index (κ1) is 21.0. The molecule has 1 N–H and O–H groups in total. The fourth-order valence-electron chi connectivity index (χ4n) is 2.42. The Bertz CT molecular complexity index is 608. The predicted octanol–water partition coefficient (Wildman–Crippen LogP) is 3.31. The first-order valence-corrected chi connectivity index (χ1v) is 10.9. The highest BCUT2D eigenvalue weighted by Gasteiger charge is 2.19. The van der Waals surface area contributed by atoms with E-state index in [1.165, 1.54) is 28.4 Å². The second-order valence-electron chi connectivity index (χ2n) is 7.33. The summed E-state index contributed by atoms with van der Waals surface area (Å²) in [6.07, 6.45) is 1.27. The van der Waals surface area contributed by atoms with Crippen molar-refractivity contribution >= 4 is 35.3 Å². The summed E-state index contributed by atoms with van der Waals surface area (Å²) in [5, 5.41) is 2.84. The molecule has 0 unspecified atom stereocenters. The van der Waals surface area contributed by atoms with Gasteiger partial charge in [0.15, 0.2) is 6.61 Å². The summed E-state index contributed by atoms with van der Waals surface area (Å²) in [5.74, 6) is 2.68. The van der Waals surface area contributed by atoms with Crippen molar-refractivity contribution < 1.29 is 14.3 Å². The fraction of sp³-hybridized carbons (Fsp3) is 0.579. The van der Waals surface area contributed by atoms with Crippen LogP contribution in [0, 0.1) is 0 Å². The van der Waals surface area contributed by atoms with Gasteiger partial charge >= 0.3 is 0 Å². The molecular weight excluding hydrogens is 368 g/mol. The number of likely N-dealkylation sites (N-methyl/N-ethyl adjacent to an activating group) is 1. The molecule has 1 heterocycles. The van der Waals surface area contributed by atoms with Crippen LogP contribution in [-0.4, -0.2) is 54.0 Å². The number of carbonyl (C=O) groups excluding carboxylic acids is 2. The van der Waals surface area contributed by atoms with Gasteiger partial charge in [0.05, 0.1) is 11.1 Å². The number of ether oxygens (including phenoxy) is 1. The molecule has 0 atom stereocenters. The molecule has 1 aliphatic rings. The molecule has 0 saturated carbocycles. The summed E-state index contributed by atoms with van der Waals surface area (Å²) in [7, 11) is 1.61. The van der Waals surface area contributed by atoms with E-state index in [1.807, 2.05) is 56.4 Å². The standard InChI is InChI=1S/C19H28N2O3S2/c1-19(2,3)20-16(22)12-21(4)17(23)13-24-15-8-6-14(7-9-15)18-25-10-5-11-26-18/h6-9,18H,5,10-13H2,1-4H3,(H,20,22). The topological polar surface area (TPSA) is 58.6 Å². The number of hydrogen-bond acceptors (Lipinski definition) is 5. The minimum absolute atomic E-state index is 0.0223. The lowest BCUT2D eigenvalue weighted by Crippen LogP contribution is -2.47. The molecule has 0 aliphatic carbocycles. The molecule has 1 fully saturated rings. The predicted molar refractivity (Wildman–Crippen MR) is 110 cm³/mol. The zero-order chi connectivity index (χ0) is 19.2. The maximum absolute atomic E-state index is 12.1. The van der Waals surface area contributed by atoms with Gasteiger partial charge in [-0.3, -0.25) is 9.59 Å². The molecule has 1 aromatic rings. The highest BCUT2D eigenvalue weighted by Crippen LogP contribution is 2.43. The lowest BCUT2D eigenvalue weighted by Gasteiger charge is -2.23. The SMILES string of the molecule is CN(CC(=O)NC(C)(C)C)C(=O)COc1ccc(C2SCCCS2)cc1. The van der Waals surface area contributed by atoms with Crippen molar-refractivity contribution in [2.24, 2.45) is 0 Å². The summed E-state index contributed by atoms with van der Waals surface area (Å²) >= 11 is 3.95. The van der Waals surface area contributed by atoms with E-state index in [1.54, 1.807) is 7.05 Å². The van der Waals surface area contributed by atoms with Crippen LogP contribution in [0.5, 0.6) is 5.75 Å². The van der Waals surface area contributed by atoms with Gasteiger partial charge in [0, 0.05) is 12.6 Å². The maximum Gasteiger partial charge on any atom is 0.260 e. The normalized spacial score (nSPS) is 15.4. The number of carbonyl (C=O) groups is 2. The van der Waals surface area contributed by atoms with E-state index in [4.69, 9.17) is 4.74 Å². The van der Waals surface area contributed by atoms with E-state index in [0.29, 0.717) is 10.3 Å². The number of amides is 2. The van der Waals surface area contributed by atoms with E-state index in [-0.39, 0.29) is 30.5 Å². The first-order chi connectivity index (χ1) is 12.2. The third-order valence-corrected chi connectivity index (χ3v) is 6.68. The van der Waals surface area contributed by atoms with Crippen LogP contribution in [0.4, 0.5) is 0 Å². The zero-order valence-electron chi connectivity index (χ0n) is 15.9. The lowest BCUT2D eigenvalue weighted by atomic mass is 10.1. The van der Waals surface area contributed by atoms with Crippen LogP contribution in [0.3, 0.4) is 0 Å². The highest BCUT2D eigenvalue weighted by atomic mass is 32.2. The summed E-state index contributed by atoms with van der Waals surface area (Å²) < 4.78 is 6.07. The Morgan fingerprint density at radius 2 is 1.81 bits per heavy atom. The number of rotatable bonds is 6. The molecule has 144 valence electrons. The number of nitrogens with one attached hydrogen (secondary N) is 1. The van der Waals surface area contributed by atoms with Crippen molar-refractivity contribution in [3.05, 3.63) is 29.8 Å². The van der Waals surface area contributed by atoms with Crippen molar-refractivity contribution in [2.75, 3.05) is 31.7 Å². The zero-order valence-corrected chi connectivity index (χ0v) is 17.5. The summed E-state index contributed by atoms with van der Waals surface area (Å²) in [4.78, 5) is 25.4. The molecule has 0 bridgehead atoms. The number of benzene rings is 1. The second kappa shape index (κ2) is 9.55. The van der Waals surface area contributed by atoms with Crippen LogP contribution in [0.2, 0.25) is 0 Å². The highest BCUT2D eigenvalue weighted by molar-refractivity contribution is 8.16. The van der Waals surface area contributed by atoms with Gasteiger partial charge in [-0.05, 0) is 56.4 Å².